The van der Waals surface area contributed by atoms with Gasteiger partial charge in [-0.05, 0) is 19.3 Å². The first-order valence-corrected chi connectivity index (χ1v) is 7.69. The van der Waals surface area contributed by atoms with Gasteiger partial charge >= 0.3 is 0 Å². The molecule has 0 aliphatic rings. The molecule has 0 heterocycles. The van der Waals surface area contributed by atoms with E-state index in [0.29, 0.717) is 24.4 Å². The molecule has 0 aliphatic carbocycles. The molecule has 0 aliphatic heterocycles. The van der Waals surface area contributed by atoms with E-state index in [2.05, 4.69) is 27.6 Å². The molecule has 0 saturated heterocycles. The molecule has 0 bridgehead atoms. The lowest BCUT2D eigenvalue weighted by Crippen LogP contribution is -2.29. The number of alkyl halides is 1. The van der Waals surface area contributed by atoms with Crippen LogP contribution in [0, 0.1) is 0 Å². The van der Waals surface area contributed by atoms with Crippen molar-refractivity contribution in [1.29, 1.82) is 0 Å². The molecule has 0 amide bonds. The van der Waals surface area contributed by atoms with E-state index < -0.39 is 10.0 Å². The number of methoxy groups -OCH3 is 1. The van der Waals surface area contributed by atoms with Crippen LogP contribution in [-0.2, 0) is 14.8 Å². The fourth-order valence-corrected chi connectivity index (χ4v) is 2.34. The van der Waals surface area contributed by atoms with Gasteiger partial charge in [-0.15, -0.1) is 0 Å². The van der Waals surface area contributed by atoms with Gasteiger partial charge in [-0.25, -0.2) is 13.1 Å². The van der Waals surface area contributed by atoms with Crippen LogP contribution in [0.25, 0.3) is 0 Å². The smallest absolute Gasteiger partial charge is 0.211 e. The van der Waals surface area contributed by atoms with E-state index in [1.54, 1.807) is 7.11 Å². The van der Waals surface area contributed by atoms with Gasteiger partial charge in [0.1, 0.15) is 0 Å². The van der Waals surface area contributed by atoms with Gasteiger partial charge in [0.2, 0.25) is 10.0 Å². The molecule has 0 fully saturated rings. The maximum atomic E-state index is 11.4. The summed E-state index contributed by atoms with van der Waals surface area (Å²) in [6, 6.07) is 0. The Morgan fingerprint density at radius 2 is 2.13 bits per heavy atom. The molecule has 1 N–H and O–H groups in total. The van der Waals surface area contributed by atoms with Crippen LogP contribution in [0.4, 0.5) is 0 Å². The maximum absolute atomic E-state index is 11.4. The summed E-state index contributed by atoms with van der Waals surface area (Å²) >= 11 is 3.45. The van der Waals surface area contributed by atoms with Crippen molar-refractivity contribution in [3.05, 3.63) is 0 Å². The number of nitrogens with one attached hydrogen (secondary N) is 1. The summed E-state index contributed by atoms with van der Waals surface area (Å²) in [6.45, 7) is 3.04. The highest BCUT2D eigenvalue weighted by molar-refractivity contribution is 9.09. The summed E-state index contributed by atoms with van der Waals surface area (Å²) in [5, 5.41) is 0. The Morgan fingerprint density at radius 3 is 2.67 bits per heavy atom. The van der Waals surface area contributed by atoms with Crippen LogP contribution in [0.2, 0.25) is 0 Å². The highest BCUT2D eigenvalue weighted by atomic mass is 79.9. The summed E-state index contributed by atoms with van der Waals surface area (Å²) in [5.41, 5.74) is 0. The van der Waals surface area contributed by atoms with Crippen molar-refractivity contribution >= 4 is 26.0 Å². The monoisotopic (exact) mass is 301 g/mol. The first-order valence-electron chi connectivity index (χ1n) is 5.12. The van der Waals surface area contributed by atoms with E-state index in [-0.39, 0.29) is 5.75 Å². The highest BCUT2D eigenvalue weighted by Crippen LogP contribution is 2.07. The number of rotatable bonds is 9. The first kappa shape index (κ1) is 15.3. The zero-order valence-corrected chi connectivity index (χ0v) is 11.7. The van der Waals surface area contributed by atoms with Gasteiger partial charge < -0.3 is 4.74 Å². The highest BCUT2D eigenvalue weighted by Gasteiger charge is 2.09. The molecular formula is C9H20BrNO3S. The maximum Gasteiger partial charge on any atom is 0.211 e. The minimum Gasteiger partial charge on any atom is -0.385 e. The Labute approximate surface area is 101 Å². The third-order valence-electron chi connectivity index (χ3n) is 1.98. The fourth-order valence-electron chi connectivity index (χ4n) is 1.04. The minimum atomic E-state index is -3.11. The van der Waals surface area contributed by atoms with Crippen molar-refractivity contribution in [3.63, 3.8) is 0 Å². The zero-order chi connectivity index (χ0) is 11.7. The summed E-state index contributed by atoms with van der Waals surface area (Å²) < 4.78 is 30.2. The molecule has 1 unspecified atom stereocenters. The van der Waals surface area contributed by atoms with Crippen LogP contribution in [-0.4, -0.2) is 39.3 Å². The van der Waals surface area contributed by atoms with E-state index >= 15 is 0 Å². The van der Waals surface area contributed by atoms with Crippen molar-refractivity contribution in [1.82, 2.24) is 4.72 Å². The van der Waals surface area contributed by atoms with Gasteiger partial charge in [0.25, 0.3) is 0 Å². The van der Waals surface area contributed by atoms with Gasteiger partial charge in [-0.2, -0.15) is 0 Å². The molecule has 15 heavy (non-hydrogen) atoms. The lowest BCUT2D eigenvalue weighted by Gasteiger charge is -2.08. The average molecular weight is 302 g/mol. The van der Waals surface area contributed by atoms with Crippen molar-refractivity contribution in [3.8, 4) is 0 Å². The Bertz CT molecular complexity index is 244. The van der Waals surface area contributed by atoms with Gasteiger partial charge in [0.05, 0.1) is 5.75 Å². The summed E-state index contributed by atoms with van der Waals surface area (Å²) in [5.74, 6) is 0.139. The zero-order valence-electron chi connectivity index (χ0n) is 9.33. The van der Waals surface area contributed by atoms with Crippen molar-refractivity contribution in [2.75, 3.05) is 26.0 Å². The second kappa shape index (κ2) is 8.50. The molecule has 0 aromatic rings. The van der Waals surface area contributed by atoms with Crippen LogP contribution in [0.3, 0.4) is 0 Å². The average Bonchev–Trinajstić information content (AvgIpc) is 2.17. The number of ether oxygens (including phenoxy) is 1. The molecule has 0 spiro atoms. The molecule has 0 saturated carbocycles. The summed E-state index contributed by atoms with van der Waals surface area (Å²) in [6.07, 6.45) is 2.36. The molecular weight excluding hydrogens is 282 g/mol. The van der Waals surface area contributed by atoms with Crippen molar-refractivity contribution in [2.45, 2.75) is 31.0 Å². The van der Waals surface area contributed by atoms with Crippen LogP contribution in [0.15, 0.2) is 0 Å². The van der Waals surface area contributed by atoms with E-state index in [1.807, 2.05) is 0 Å². The van der Waals surface area contributed by atoms with Gasteiger partial charge in [0, 0.05) is 25.1 Å². The molecule has 0 aromatic carbocycles. The van der Waals surface area contributed by atoms with E-state index in [9.17, 15) is 8.42 Å². The van der Waals surface area contributed by atoms with Crippen LogP contribution in [0.5, 0.6) is 0 Å². The predicted molar refractivity (Wildman–Crippen MR) is 65.9 cm³/mol. The van der Waals surface area contributed by atoms with Gasteiger partial charge in [-0.3, -0.25) is 0 Å². The molecule has 4 nitrogen and oxygen atoms in total. The third kappa shape index (κ3) is 9.29. The Hall–Kier alpha value is 0.350. The van der Waals surface area contributed by atoms with Crippen molar-refractivity contribution < 1.29 is 13.2 Å². The second-order valence-electron chi connectivity index (χ2n) is 3.35. The normalized spacial score (nSPS) is 14.1. The number of sulfonamides is 1. The van der Waals surface area contributed by atoms with Gasteiger partial charge in [-0.1, -0.05) is 22.9 Å². The van der Waals surface area contributed by atoms with Gasteiger partial charge in [0.15, 0.2) is 0 Å². The van der Waals surface area contributed by atoms with Crippen molar-refractivity contribution in [2.24, 2.45) is 0 Å². The predicted octanol–water partition coefficient (Wildman–Crippen LogP) is 1.51. The molecule has 0 rings (SSSR count). The summed E-state index contributed by atoms with van der Waals surface area (Å²) in [7, 11) is -1.54. The number of hydrogen-bond donors (Lipinski definition) is 1. The minimum absolute atomic E-state index is 0.139. The number of hydrogen-bond acceptors (Lipinski definition) is 3. The topological polar surface area (TPSA) is 55.4 Å². The van der Waals surface area contributed by atoms with Crippen LogP contribution < -0.4 is 4.72 Å². The van der Waals surface area contributed by atoms with E-state index in [0.717, 1.165) is 12.8 Å². The summed E-state index contributed by atoms with van der Waals surface area (Å²) in [4.78, 5) is 0.388. The molecule has 0 radical (unpaired) electrons. The first-order chi connectivity index (χ1) is 7.02. The Kier molecular flexibility index (Phi) is 8.69. The second-order valence-corrected chi connectivity index (χ2v) is 6.58. The molecule has 92 valence electrons. The standard InChI is InChI=1S/C9H20BrNO3S/c1-3-9(10)5-6-11-15(12,13)8-4-7-14-2/h9,11H,3-8H2,1-2H3. The van der Waals surface area contributed by atoms with E-state index in [4.69, 9.17) is 4.74 Å². The molecule has 1 atom stereocenters. The third-order valence-corrected chi connectivity index (χ3v) is 4.56. The molecule has 6 heteroatoms. The lowest BCUT2D eigenvalue weighted by atomic mass is 10.2. The Morgan fingerprint density at radius 1 is 1.47 bits per heavy atom. The van der Waals surface area contributed by atoms with Crippen LogP contribution in [0.1, 0.15) is 26.2 Å². The SMILES string of the molecule is CCC(Br)CCNS(=O)(=O)CCCOC. The largest absolute Gasteiger partial charge is 0.385 e. The fraction of sp³-hybridized carbons (Fsp3) is 1.00. The van der Waals surface area contributed by atoms with Crippen LogP contribution >= 0.6 is 15.9 Å². The Balaban J connectivity index is 3.65. The quantitative estimate of drug-likeness (QED) is 0.519. The lowest BCUT2D eigenvalue weighted by molar-refractivity contribution is 0.199. The number of halogens is 1. The van der Waals surface area contributed by atoms with E-state index in [1.165, 1.54) is 0 Å². The molecule has 0 aromatic heterocycles.